The second-order valence-corrected chi connectivity index (χ2v) is 9.30. The van der Waals surface area contributed by atoms with Crippen molar-refractivity contribution < 1.29 is 33.3 Å². The summed E-state index contributed by atoms with van der Waals surface area (Å²) in [4.78, 5) is 26.2. The topological polar surface area (TPSA) is 124 Å². The fraction of sp³-hybridized carbons (Fsp3) is 0.500. The van der Waals surface area contributed by atoms with Crippen LogP contribution in [0.2, 0.25) is 5.02 Å². The highest BCUT2D eigenvalue weighted by atomic mass is 35.5. The van der Waals surface area contributed by atoms with E-state index in [-0.39, 0.29) is 28.6 Å². The fourth-order valence-corrected chi connectivity index (χ4v) is 4.76. The molecule has 2 amide bonds. The van der Waals surface area contributed by atoms with E-state index in [0.29, 0.717) is 24.5 Å². The summed E-state index contributed by atoms with van der Waals surface area (Å²) in [6, 6.07) is 1.42. The number of aromatic carboxylic acids is 1. The van der Waals surface area contributed by atoms with Crippen LogP contribution in [-0.4, -0.2) is 63.8 Å². The first-order chi connectivity index (χ1) is 16.8. The van der Waals surface area contributed by atoms with Crippen LogP contribution in [0.15, 0.2) is 12.1 Å². The number of hydrogen-bond donors (Lipinski definition) is 4. The molecule has 1 atom stereocenters. The Kier molecular flexibility index (Phi) is 10.0. The molecule has 1 aromatic heterocycles. The number of amides is 2. The van der Waals surface area contributed by atoms with E-state index >= 15 is 0 Å². The smallest absolute Gasteiger partial charge is 0.344 e. The molecular formula is C22H27ClF2N4O5S. The second kappa shape index (κ2) is 13.0. The molecule has 0 bridgehead atoms. The minimum absolute atomic E-state index is 0.0684. The normalized spacial score (nSPS) is 16.2. The number of carboxylic acid groups (broad SMARTS) is 1. The van der Waals surface area contributed by atoms with Gasteiger partial charge >= 0.3 is 12.0 Å². The summed E-state index contributed by atoms with van der Waals surface area (Å²) >= 11 is 6.27. The number of carbonyl (C=O) groups is 2. The minimum Gasteiger partial charge on any atom is -0.477 e. The van der Waals surface area contributed by atoms with E-state index in [1.807, 2.05) is 0 Å². The van der Waals surface area contributed by atoms with Gasteiger partial charge in [-0.1, -0.05) is 18.0 Å². The van der Waals surface area contributed by atoms with Crippen molar-refractivity contribution in [3.63, 3.8) is 0 Å². The van der Waals surface area contributed by atoms with Gasteiger partial charge in [-0.25, -0.2) is 18.4 Å². The Hall–Kier alpha value is -2.54. The molecule has 1 aromatic carbocycles. The lowest BCUT2D eigenvalue weighted by molar-refractivity contribution is 0.0693. The second-order valence-electron chi connectivity index (χ2n) is 8.09. The van der Waals surface area contributed by atoms with E-state index in [2.05, 4.69) is 19.9 Å². The van der Waals surface area contributed by atoms with Gasteiger partial charge in [-0.05, 0) is 62.4 Å². The van der Waals surface area contributed by atoms with Crippen molar-refractivity contribution in [2.45, 2.75) is 44.8 Å². The molecule has 0 radical (unpaired) electrons. The number of rotatable bonds is 11. The summed E-state index contributed by atoms with van der Waals surface area (Å²) < 4.78 is 37.0. The molecule has 2 aromatic rings. The van der Waals surface area contributed by atoms with Crippen LogP contribution in [0.1, 0.15) is 48.0 Å². The summed E-state index contributed by atoms with van der Waals surface area (Å²) in [5.74, 6) is -3.66. The van der Waals surface area contributed by atoms with Gasteiger partial charge in [-0.2, -0.15) is 4.37 Å². The largest absolute Gasteiger partial charge is 0.477 e. The lowest BCUT2D eigenvalue weighted by Gasteiger charge is -2.34. The third kappa shape index (κ3) is 7.47. The van der Waals surface area contributed by atoms with Crippen LogP contribution in [0, 0.1) is 11.6 Å². The average Bonchev–Trinajstić information content (AvgIpc) is 3.20. The van der Waals surface area contributed by atoms with E-state index in [9.17, 15) is 28.6 Å². The predicted molar refractivity (Wildman–Crippen MR) is 127 cm³/mol. The number of carboxylic acids is 1. The molecular weight excluding hydrogens is 506 g/mol. The van der Waals surface area contributed by atoms with Gasteiger partial charge in [0.1, 0.15) is 23.2 Å². The van der Waals surface area contributed by atoms with Crippen molar-refractivity contribution in [1.82, 2.24) is 14.6 Å². The zero-order valence-corrected chi connectivity index (χ0v) is 20.4. The van der Waals surface area contributed by atoms with E-state index < -0.39 is 41.4 Å². The van der Waals surface area contributed by atoms with Crippen molar-refractivity contribution in [2.75, 3.05) is 31.6 Å². The SMILES string of the molecule is O=C(NCCCCN1CCCCC1CO)Nc1snc(OCc2c(F)cc(Cl)cc2F)c1C(=O)O. The van der Waals surface area contributed by atoms with Crippen LogP contribution in [0.5, 0.6) is 5.88 Å². The maximum Gasteiger partial charge on any atom is 0.344 e. The number of nitrogens with zero attached hydrogens (tertiary/aromatic N) is 2. The third-order valence-electron chi connectivity index (χ3n) is 5.68. The van der Waals surface area contributed by atoms with Crippen molar-refractivity contribution >= 4 is 40.1 Å². The Balaban J connectivity index is 1.49. The number of anilines is 1. The summed E-state index contributed by atoms with van der Waals surface area (Å²) in [5.41, 5.74) is -0.846. The molecule has 35 heavy (non-hydrogen) atoms. The van der Waals surface area contributed by atoms with Crippen molar-refractivity contribution in [2.24, 2.45) is 0 Å². The molecule has 1 aliphatic heterocycles. The molecule has 192 valence electrons. The number of nitrogens with one attached hydrogen (secondary N) is 2. The summed E-state index contributed by atoms with van der Waals surface area (Å²) in [7, 11) is 0. The molecule has 1 unspecified atom stereocenters. The highest BCUT2D eigenvalue weighted by Crippen LogP contribution is 2.31. The van der Waals surface area contributed by atoms with Gasteiger partial charge in [-0.3, -0.25) is 10.2 Å². The number of carbonyl (C=O) groups excluding carboxylic acids is 1. The van der Waals surface area contributed by atoms with Gasteiger partial charge < -0.3 is 20.3 Å². The molecule has 4 N–H and O–H groups in total. The molecule has 3 rings (SSSR count). The number of halogens is 3. The Labute approximate surface area is 210 Å². The molecule has 0 saturated carbocycles. The Morgan fingerprint density at radius 3 is 2.69 bits per heavy atom. The van der Waals surface area contributed by atoms with Gasteiger partial charge in [0.15, 0.2) is 5.56 Å². The summed E-state index contributed by atoms with van der Waals surface area (Å²) in [5, 5.41) is 23.9. The molecule has 9 nitrogen and oxygen atoms in total. The summed E-state index contributed by atoms with van der Waals surface area (Å²) in [6.07, 6.45) is 4.79. The highest BCUT2D eigenvalue weighted by molar-refractivity contribution is 7.11. The average molecular weight is 533 g/mol. The first-order valence-corrected chi connectivity index (χ1v) is 12.3. The lowest BCUT2D eigenvalue weighted by Crippen LogP contribution is -2.42. The Morgan fingerprint density at radius 2 is 2.00 bits per heavy atom. The molecule has 1 aliphatic rings. The van der Waals surface area contributed by atoms with Gasteiger partial charge in [0.25, 0.3) is 0 Å². The number of hydrogen-bond acceptors (Lipinski definition) is 7. The van der Waals surface area contributed by atoms with Crippen LogP contribution in [0.3, 0.4) is 0 Å². The number of likely N-dealkylation sites (tertiary alicyclic amines) is 1. The lowest BCUT2D eigenvalue weighted by atomic mass is 10.0. The standard InChI is InChI=1S/C22H27ClF2N4O5S/c23-13-9-16(24)15(17(25)10-13)12-34-19-18(21(31)32)20(35-28-19)27-22(33)26-6-2-4-8-29-7-3-1-5-14(29)11-30/h9-10,14,30H,1-8,11-12H2,(H,31,32)(H2,26,27,33). The maximum atomic E-state index is 13.9. The summed E-state index contributed by atoms with van der Waals surface area (Å²) in [6.45, 7) is 1.71. The zero-order chi connectivity index (χ0) is 25.4. The van der Waals surface area contributed by atoms with E-state index in [1.165, 1.54) is 0 Å². The van der Waals surface area contributed by atoms with Crippen LogP contribution in [-0.2, 0) is 6.61 Å². The third-order valence-corrected chi connectivity index (χ3v) is 6.64. The quantitative estimate of drug-likeness (QED) is 0.321. The van der Waals surface area contributed by atoms with Crippen LogP contribution in [0.25, 0.3) is 0 Å². The van der Waals surface area contributed by atoms with Crippen molar-refractivity contribution in [3.8, 4) is 5.88 Å². The first kappa shape index (κ1) is 27.1. The Bertz CT molecular complexity index is 1020. The molecule has 1 fully saturated rings. The highest BCUT2D eigenvalue weighted by Gasteiger charge is 2.24. The molecule has 0 spiro atoms. The van der Waals surface area contributed by atoms with Crippen LogP contribution >= 0.6 is 23.1 Å². The van der Waals surface area contributed by atoms with E-state index in [0.717, 1.165) is 50.9 Å². The number of benzene rings is 1. The molecule has 13 heteroatoms. The maximum absolute atomic E-state index is 13.9. The van der Waals surface area contributed by atoms with Gasteiger partial charge in [0.05, 0.1) is 12.2 Å². The zero-order valence-electron chi connectivity index (χ0n) is 18.9. The van der Waals surface area contributed by atoms with Gasteiger partial charge in [-0.15, -0.1) is 0 Å². The molecule has 0 aliphatic carbocycles. The Morgan fingerprint density at radius 1 is 1.26 bits per heavy atom. The van der Waals surface area contributed by atoms with Crippen molar-refractivity contribution in [3.05, 3.63) is 39.9 Å². The first-order valence-electron chi connectivity index (χ1n) is 11.2. The number of aliphatic hydroxyl groups excluding tert-OH is 1. The fourth-order valence-electron chi connectivity index (χ4n) is 3.85. The molecule has 1 saturated heterocycles. The number of unbranched alkanes of at least 4 members (excludes halogenated alkanes) is 1. The number of aliphatic hydroxyl groups is 1. The van der Waals surface area contributed by atoms with Crippen molar-refractivity contribution in [1.29, 1.82) is 0 Å². The van der Waals surface area contributed by atoms with Crippen LogP contribution in [0.4, 0.5) is 18.6 Å². The van der Waals surface area contributed by atoms with E-state index in [1.54, 1.807) is 0 Å². The van der Waals surface area contributed by atoms with Crippen LogP contribution < -0.4 is 15.4 Å². The molecule has 2 heterocycles. The number of urea groups is 1. The van der Waals surface area contributed by atoms with Gasteiger partial charge in [0.2, 0.25) is 5.88 Å². The minimum atomic E-state index is -1.42. The number of piperidine rings is 1. The monoisotopic (exact) mass is 532 g/mol. The number of ether oxygens (including phenoxy) is 1. The predicted octanol–water partition coefficient (Wildman–Crippen LogP) is 4.10. The number of aromatic nitrogens is 1. The van der Waals surface area contributed by atoms with E-state index in [4.69, 9.17) is 16.3 Å². The van der Waals surface area contributed by atoms with Gasteiger partial charge in [0, 0.05) is 17.6 Å².